The maximum atomic E-state index is 4.33. The highest BCUT2D eigenvalue weighted by molar-refractivity contribution is 5.80. The lowest BCUT2D eigenvalue weighted by molar-refractivity contribution is 0.211. The maximum Gasteiger partial charge on any atom is 0.00392 e. The Morgan fingerprint density at radius 2 is 1.68 bits per heavy atom. The lowest BCUT2D eigenvalue weighted by Gasteiger charge is -2.34. The molecule has 0 radical (unpaired) electrons. The van der Waals surface area contributed by atoms with Gasteiger partial charge in [0.05, 0.1) is 0 Å². The summed E-state index contributed by atoms with van der Waals surface area (Å²) in [5.74, 6) is 2.26. The molecule has 2 aromatic rings. The van der Waals surface area contributed by atoms with Crippen molar-refractivity contribution in [1.82, 2.24) is 0 Å². The molecule has 0 spiro atoms. The highest BCUT2D eigenvalue weighted by Crippen LogP contribution is 2.44. The van der Waals surface area contributed by atoms with Crippen LogP contribution in [0.2, 0.25) is 0 Å². The normalized spacial score (nSPS) is 23.1. The Bertz CT molecular complexity index is 1070. The van der Waals surface area contributed by atoms with Gasteiger partial charge in [-0.2, -0.15) is 0 Å². The van der Waals surface area contributed by atoms with Crippen LogP contribution in [0, 0.1) is 31.6 Å². The second-order valence-electron chi connectivity index (χ2n) is 10.7. The van der Waals surface area contributed by atoms with Gasteiger partial charge in [0.1, 0.15) is 0 Å². The van der Waals surface area contributed by atoms with Crippen molar-refractivity contribution in [3.63, 3.8) is 0 Å². The molecule has 0 unspecified atom stereocenters. The van der Waals surface area contributed by atoms with E-state index >= 15 is 0 Å². The molecule has 2 fully saturated rings. The van der Waals surface area contributed by atoms with Gasteiger partial charge in [-0.05, 0) is 104 Å². The maximum absolute atomic E-state index is 4.33. The van der Waals surface area contributed by atoms with Crippen molar-refractivity contribution in [2.24, 2.45) is 17.8 Å². The van der Waals surface area contributed by atoms with Crippen LogP contribution in [0.15, 0.2) is 60.2 Å². The summed E-state index contributed by atoms with van der Waals surface area (Å²) in [6.07, 6.45) is 10.9. The molecule has 0 heteroatoms. The molecular weight excluding hydrogens is 372 g/mol. The first-order chi connectivity index (χ1) is 14.9. The van der Waals surface area contributed by atoms with E-state index in [2.05, 4.69) is 70.3 Å². The highest BCUT2D eigenvalue weighted by atomic mass is 14.3. The molecule has 160 valence electrons. The fourth-order valence-corrected chi connectivity index (χ4v) is 6.36. The summed E-state index contributed by atoms with van der Waals surface area (Å²) in [7, 11) is 0. The predicted octanol–water partition coefficient (Wildman–Crippen LogP) is 8.41. The monoisotopic (exact) mass is 408 g/mol. The molecule has 0 bridgehead atoms. The number of hydrogen-bond acceptors (Lipinski definition) is 0. The van der Waals surface area contributed by atoms with Crippen molar-refractivity contribution in [3.05, 3.63) is 88.0 Å². The van der Waals surface area contributed by atoms with Gasteiger partial charge in [0.25, 0.3) is 0 Å². The molecular formula is C31H36. The van der Waals surface area contributed by atoms with E-state index < -0.39 is 0 Å². The van der Waals surface area contributed by atoms with Crippen LogP contribution in [-0.2, 0) is 12.8 Å². The van der Waals surface area contributed by atoms with E-state index in [4.69, 9.17) is 0 Å². The van der Waals surface area contributed by atoms with Crippen LogP contribution in [0.25, 0.3) is 17.2 Å². The van der Waals surface area contributed by atoms with E-state index in [-0.39, 0.29) is 0 Å². The molecule has 0 N–H and O–H groups in total. The lowest BCUT2D eigenvalue weighted by atomic mass is 9.72. The number of rotatable bonds is 5. The fourth-order valence-electron chi connectivity index (χ4n) is 6.36. The SMILES string of the molecule is C=C1CCC(=C)C1CC1=Cc2cccc(-c3cc(C)cc(C)c3CC3CC(C)C3)c2C1. The summed E-state index contributed by atoms with van der Waals surface area (Å²) >= 11 is 0. The Balaban J connectivity index is 1.47. The molecule has 0 saturated heterocycles. The first-order valence-corrected chi connectivity index (χ1v) is 12.2. The van der Waals surface area contributed by atoms with E-state index in [0.29, 0.717) is 5.92 Å². The van der Waals surface area contributed by atoms with E-state index in [9.17, 15) is 0 Å². The van der Waals surface area contributed by atoms with Crippen molar-refractivity contribution in [3.8, 4) is 11.1 Å². The van der Waals surface area contributed by atoms with Crippen molar-refractivity contribution >= 4 is 6.08 Å². The van der Waals surface area contributed by atoms with Gasteiger partial charge in [-0.1, -0.05) is 78.8 Å². The Hall–Kier alpha value is -2.34. The first kappa shape index (κ1) is 20.6. The molecule has 0 aliphatic heterocycles. The molecule has 3 aliphatic carbocycles. The second kappa shape index (κ2) is 7.97. The summed E-state index contributed by atoms with van der Waals surface area (Å²) in [6.45, 7) is 15.6. The molecule has 0 atom stereocenters. The Labute approximate surface area is 188 Å². The smallest absolute Gasteiger partial charge is 0.00392 e. The molecule has 0 heterocycles. The van der Waals surface area contributed by atoms with Crippen LogP contribution in [0.1, 0.15) is 66.8 Å². The third-order valence-electron chi connectivity index (χ3n) is 8.07. The van der Waals surface area contributed by atoms with Gasteiger partial charge in [0, 0.05) is 5.92 Å². The molecule has 31 heavy (non-hydrogen) atoms. The molecule has 2 aromatic carbocycles. The van der Waals surface area contributed by atoms with Crippen LogP contribution in [0.5, 0.6) is 0 Å². The zero-order valence-electron chi connectivity index (χ0n) is 19.6. The van der Waals surface area contributed by atoms with Crippen molar-refractivity contribution < 1.29 is 0 Å². The van der Waals surface area contributed by atoms with E-state index in [0.717, 1.165) is 37.5 Å². The summed E-state index contributed by atoms with van der Waals surface area (Å²) in [5.41, 5.74) is 14.6. The molecule has 0 nitrogen and oxygen atoms in total. The number of allylic oxidation sites excluding steroid dienone is 3. The number of aryl methyl sites for hydroxylation is 2. The number of hydrogen-bond donors (Lipinski definition) is 0. The Morgan fingerprint density at radius 1 is 0.935 bits per heavy atom. The first-order valence-electron chi connectivity index (χ1n) is 12.2. The minimum Gasteiger partial charge on any atom is -0.0992 e. The molecule has 2 saturated carbocycles. The van der Waals surface area contributed by atoms with Crippen LogP contribution >= 0.6 is 0 Å². The van der Waals surface area contributed by atoms with Gasteiger partial charge in [0.15, 0.2) is 0 Å². The van der Waals surface area contributed by atoms with Gasteiger partial charge in [-0.25, -0.2) is 0 Å². The van der Waals surface area contributed by atoms with Gasteiger partial charge >= 0.3 is 0 Å². The van der Waals surface area contributed by atoms with Crippen molar-refractivity contribution in [2.45, 2.75) is 65.7 Å². The third kappa shape index (κ3) is 3.86. The summed E-state index contributed by atoms with van der Waals surface area (Å²) < 4.78 is 0. The molecule has 5 rings (SSSR count). The van der Waals surface area contributed by atoms with Gasteiger partial charge in [-0.15, -0.1) is 0 Å². The minimum absolute atomic E-state index is 0.487. The van der Waals surface area contributed by atoms with E-state index in [1.54, 1.807) is 11.1 Å². The average molecular weight is 409 g/mol. The average Bonchev–Trinajstić information content (AvgIpc) is 3.26. The summed E-state index contributed by atoms with van der Waals surface area (Å²) in [5, 5.41) is 0. The summed E-state index contributed by atoms with van der Waals surface area (Å²) in [6, 6.07) is 11.8. The van der Waals surface area contributed by atoms with Gasteiger partial charge < -0.3 is 0 Å². The van der Waals surface area contributed by atoms with Crippen molar-refractivity contribution in [2.75, 3.05) is 0 Å². The minimum atomic E-state index is 0.487. The molecule has 0 amide bonds. The fraction of sp³-hybridized carbons (Fsp3) is 0.419. The van der Waals surface area contributed by atoms with Crippen LogP contribution < -0.4 is 0 Å². The topological polar surface area (TPSA) is 0 Å². The van der Waals surface area contributed by atoms with Crippen LogP contribution in [0.4, 0.5) is 0 Å². The zero-order chi connectivity index (χ0) is 21.7. The van der Waals surface area contributed by atoms with E-state index in [1.807, 2.05) is 0 Å². The van der Waals surface area contributed by atoms with E-state index in [1.165, 1.54) is 63.8 Å². The predicted molar refractivity (Wildman–Crippen MR) is 134 cm³/mol. The van der Waals surface area contributed by atoms with Crippen LogP contribution in [0.3, 0.4) is 0 Å². The van der Waals surface area contributed by atoms with Crippen LogP contribution in [-0.4, -0.2) is 0 Å². The standard InChI is InChI=1S/C31H36/c1-19-11-23(5)29(17-24-12-20(2)13-24)31(14-19)27-8-6-7-26-15-25(18-30(26)27)16-28-21(3)9-10-22(28)4/h6-8,11,14-15,20,24,28H,3-4,9-10,12-13,16-18H2,1-2,5H3. The Kier molecular flexibility index (Phi) is 5.29. The number of benzene rings is 2. The largest absolute Gasteiger partial charge is 0.0992 e. The quantitative estimate of drug-likeness (QED) is 0.436. The molecule has 3 aliphatic rings. The van der Waals surface area contributed by atoms with Gasteiger partial charge in [-0.3, -0.25) is 0 Å². The highest BCUT2D eigenvalue weighted by Gasteiger charge is 2.29. The lowest BCUT2D eigenvalue weighted by Crippen LogP contribution is -2.23. The summed E-state index contributed by atoms with van der Waals surface area (Å²) in [4.78, 5) is 0. The van der Waals surface area contributed by atoms with Crippen molar-refractivity contribution in [1.29, 1.82) is 0 Å². The molecule has 0 aromatic heterocycles. The van der Waals surface area contributed by atoms with Gasteiger partial charge in [0.2, 0.25) is 0 Å². The number of fused-ring (bicyclic) bond motifs is 1. The zero-order valence-corrected chi connectivity index (χ0v) is 19.6. The Morgan fingerprint density at radius 3 is 2.39 bits per heavy atom. The second-order valence-corrected chi connectivity index (χ2v) is 10.7. The third-order valence-corrected chi connectivity index (χ3v) is 8.07.